The number of halogens is 3. The molecule has 0 aliphatic rings. The summed E-state index contributed by atoms with van der Waals surface area (Å²) in [6.07, 6.45) is -5.22. The molecule has 0 fully saturated rings. The fraction of sp³-hybridized carbons (Fsp3) is 0.121. The van der Waals surface area contributed by atoms with E-state index in [9.17, 15) is 57.6 Å². The molecule has 76 heavy (non-hydrogen) atoms. The minimum atomic E-state index is -4.88. The molecule has 0 radical (unpaired) electrons. The van der Waals surface area contributed by atoms with Crippen LogP contribution < -0.4 is 26.9 Å². The van der Waals surface area contributed by atoms with Crippen molar-refractivity contribution in [1.82, 2.24) is 0 Å². The molecule has 1 atom stereocenters. The number of para-hydroxylation sites is 3. The molecule has 1 unspecified atom stereocenters. The van der Waals surface area contributed by atoms with E-state index in [0.29, 0.717) is 40.7 Å². The number of aliphatic carboxylic acids is 1. The Morgan fingerprint density at radius 2 is 1.14 bits per heavy atom. The molecule has 5 N–H and O–H groups in total. The SMILES string of the molecule is CCOC(=O)c1ccc2cc(Cc3c(O)c4ccccc4oc3=O)ccc2c1.O=C(O)CC(c1ccc(OC(F)(F)F)cc1)c1c(O)c2ccccc2oc1=O.O=c1oc2ccccc2c(O)c1NCc1ccccc1. The molecule has 0 amide bonds. The van der Waals surface area contributed by atoms with Crippen molar-refractivity contribution >= 4 is 61.3 Å². The molecule has 0 saturated carbocycles. The maximum absolute atomic E-state index is 12.4. The highest BCUT2D eigenvalue weighted by Crippen LogP contribution is 2.37. The third kappa shape index (κ3) is 12.3. The van der Waals surface area contributed by atoms with Gasteiger partial charge in [0.15, 0.2) is 11.4 Å². The molecule has 15 nitrogen and oxygen atoms in total. The number of carboxylic acids is 1. The van der Waals surface area contributed by atoms with Crippen LogP contribution in [-0.2, 0) is 22.5 Å². The maximum Gasteiger partial charge on any atom is 0.573 e. The van der Waals surface area contributed by atoms with E-state index in [4.69, 9.17) is 18.0 Å². The summed E-state index contributed by atoms with van der Waals surface area (Å²) in [5.41, 5.74) is 1.40. The third-order valence-corrected chi connectivity index (χ3v) is 11.8. The molecule has 3 aromatic heterocycles. The lowest BCUT2D eigenvalue weighted by atomic mass is 9.88. The van der Waals surface area contributed by atoms with Gasteiger partial charge in [0, 0.05) is 18.9 Å². The minimum absolute atomic E-state index is 0.0513. The predicted octanol–water partition coefficient (Wildman–Crippen LogP) is 11.5. The monoisotopic (exact) mass is 1040 g/mol. The second-order valence-electron chi connectivity index (χ2n) is 16.9. The van der Waals surface area contributed by atoms with E-state index in [1.54, 1.807) is 79.7 Å². The Hall–Kier alpha value is -9.84. The number of ether oxygens (including phenoxy) is 2. The largest absolute Gasteiger partial charge is 0.573 e. The lowest BCUT2D eigenvalue weighted by Gasteiger charge is -2.17. The highest BCUT2D eigenvalue weighted by molar-refractivity contribution is 5.96. The van der Waals surface area contributed by atoms with Gasteiger partial charge in [0.1, 0.15) is 34.0 Å². The van der Waals surface area contributed by atoms with Gasteiger partial charge in [-0.15, -0.1) is 13.2 Å². The number of alkyl halides is 3. The number of anilines is 1. The highest BCUT2D eigenvalue weighted by Gasteiger charge is 2.32. The van der Waals surface area contributed by atoms with Crippen LogP contribution in [0.5, 0.6) is 23.0 Å². The third-order valence-electron chi connectivity index (χ3n) is 11.8. The Morgan fingerprint density at radius 1 is 0.605 bits per heavy atom. The average Bonchev–Trinajstić information content (AvgIpc) is 3.40. The van der Waals surface area contributed by atoms with Crippen LogP contribution in [0.4, 0.5) is 18.9 Å². The second kappa shape index (κ2) is 22.9. The molecule has 0 saturated heterocycles. The molecule has 18 heteroatoms. The molecule has 0 spiro atoms. The number of carbonyl (C=O) groups is 2. The number of esters is 1. The zero-order valence-corrected chi connectivity index (χ0v) is 40.0. The van der Waals surface area contributed by atoms with E-state index in [1.807, 2.05) is 54.6 Å². The first kappa shape index (κ1) is 52.5. The van der Waals surface area contributed by atoms with Crippen molar-refractivity contribution in [2.45, 2.75) is 38.6 Å². The van der Waals surface area contributed by atoms with Crippen LogP contribution >= 0.6 is 0 Å². The van der Waals surface area contributed by atoms with Gasteiger partial charge in [-0.3, -0.25) is 4.79 Å². The number of fused-ring (bicyclic) bond motifs is 4. The zero-order valence-electron chi connectivity index (χ0n) is 40.0. The maximum atomic E-state index is 12.4. The van der Waals surface area contributed by atoms with Gasteiger partial charge < -0.3 is 48.5 Å². The molecule has 0 aliphatic heterocycles. The first-order valence-corrected chi connectivity index (χ1v) is 23.3. The van der Waals surface area contributed by atoms with Crippen molar-refractivity contribution in [1.29, 1.82) is 0 Å². The summed E-state index contributed by atoms with van der Waals surface area (Å²) in [6, 6.07) is 45.0. The number of carboxylic acid groups (broad SMARTS) is 1. The summed E-state index contributed by atoms with van der Waals surface area (Å²) in [5.74, 6) is -3.83. The standard InChI is InChI=1S/C23H18O5.C19H13F3O6.C16H13NO3/c1-2-27-22(25)17-10-9-15-11-14(7-8-16(15)13-17)12-19-21(24)18-5-3-4-6-20(18)28-23(19)26;20-19(21,22)28-11-7-5-10(6-8-11)13(9-15(23)24)16-17(25)12-3-1-2-4-14(12)27-18(16)26;18-15-12-8-4-5-9-13(12)20-16(19)14(15)17-10-11-6-2-1-3-7-11/h3-11,13,24H,2,12H2,1H3;1-8,13,25H,9H2,(H,23,24);1-9,17-18H,10H2. The summed E-state index contributed by atoms with van der Waals surface area (Å²) < 4.78 is 61.4. The van der Waals surface area contributed by atoms with E-state index < -0.39 is 53.0 Å². The van der Waals surface area contributed by atoms with E-state index in [0.717, 1.165) is 34.0 Å². The molecular formula is C58H44F3NO14. The number of hydrogen-bond acceptors (Lipinski definition) is 14. The van der Waals surface area contributed by atoms with Gasteiger partial charge in [0.05, 0.1) is 45.9 Å². The molecule has 386 valence electrons. The fourth-order valence-electron chi connectivity index (χ4n) is 8.27. The summed E-state index contributed by atoms with van der Waals surface area (Å²) in [7, 11) is 0. The van der Waals surface area contributed by atoms with Crippen LogP contribution in [0.25, 0.3) is 43.7 Å². The van der Waals surface area contributed by atoms with Gasteiger partial charge in [0.2, 0.25) is 0 Å². The Bertz CT molecular complexity index is 3930. The van der Waals surface area contributed by atoms with E-state index >= 15 is 0 Å². The van der Waals surface area contributed by atoms with Crippen LogP contribution in [0, 0.1) is 0 Å². The van der Waals surface area contributed by atoms with Crippen molar-refractivity contribution in [2.24, 2.45) is 0 Å². The number of hydrogen-bond donors (Lipinski definition) is 5. The highest BCUT2D eigenvalue weighted by atomic mass is 19.4. The van der Waals surface area contributed by atoms with Crippen LogP contribution in [0.1, 0.15) is 57.4 Å². The van der Waals surface area contributed by atoms with E-state index in [-0.39, 0.29) is 57.2 Å². The molecule has 0 aliphatic carbocycles. The minimum Gasteiger partial charge on any atom is -0.507 e. The van der Waals surface area contributed by atoms with Crippen molar-refractivity contribution in [3.05, 3.63) is 228 Å². The smallest absolute Gasteiger partial charge is 0.507 e. The van der Waals surface area contributed by atoms with Crippen LogP contribution in [0.3, 0.4) is 0 Å². The van der Waals surface area contributed by atoms with Crippen molar-refractivity contribution in [2.75, 3.05) is 11.9 Å². The molecule has 0 bridgehead atoms. The fourth-order valence-corrected chi connectivity index (χ4v) is 8.27. The number of carbonyl (C=O) groups excluding carboxylic acids is 1. The van der Waals surface area contributed by atoms with Crippen LogP contribution in [0.15, 0.2) is 191 Å². The van der Waals surface area contributed by atoms with Gasteiger partial charge in [-0.05, 0) is 95.1 Å². The van der Waals surface area contributed by atoms with Gasteiger partial charge in [0.25, 0.3) is 0 Å². The number of nitrogens with one attached hydrogen (secondary N) is 1. The van der Waals surface area contributed by atoms with Gasteiger partial charge in [-0.1, -0.05) is 103 Å². The lowest BCUT2D eigenvalue weighted by Crippen LogP contribution is -2.18. The number of aromatic hydroxyl groups is 3. The molecule has 10 rings (SSSR count). The van der Waals surface area contributed by atoms with Crippen molar-refractivity contribution in [3.8, 4) is 23.0 Å². The summed E-state index contributed by atoms with van der Waals surface area (Å²) in [4.78, 5) is 59.8. The zero-order chi connectivity index (χ0) is 54.1. The molecule has 10 aromatic rings. The average molecular weight is 1040 g/mol. The number of rotatable bonds is 12. The molecule has 7 aromatic carbocycles. The molecule has 3 heterocycles. The number of benzene rings is 7. The second-order valence-corrected chi connectivity index (χ2v) is 16.9. The molecular weight excluding hydrogens is 992 g/mol. The Morgan fingerprint density at radius 3 is 1.75 bits per heavy atom. The first-order chi connectivity index (χ1) is 36.5. The van der Waals surface area contributed by atoms with Gasteiger partial charge in [-0.2, -0.15) is 0 Å². The first-order valence-electron chi connectivity index (χ1n) is 23.3. The Balaban J connectivity index is 0.000000153. The van der Waals surface area contributed by atoms with Gasteiger partial charge >= 0.3 is 35.2 Å². The van der Waals surface area contributed by atoms with Crippen molar-refractivity contribution < 1.29 is 65.9 Å². The topological polar surface area (TPSA) is 236 Å². The van der Waals surface area contributed by atoms with E-state index in [2.05, 4.69) is 10.1 Å². The summed E-state index contributed by atoms with van der Waals surface area (Å²) >= 11 is 0. The van der Waals surface area contributed by atoms with Crippen LogP contribution in [0.2, 0.25) is 0 Å². The van der Waals surface area contributed by atoms with E-state index in [1.165, 1.54) is 24.3 Å². The normalized spacial score (nSPS) is 11.5. The quantitative estimate of drug-likeness (QED) is 0.0565. The summed E-state index contributed by atoms with van der Waals surface area (Å²) in [6.45, 7) is 2.54. The summed E-state index contributed by atoms with van der Waals surface area (Å²) in [5, 5.41) is 46.5. The lowest BCUT2D eigenvalue weighted by molar-refractivity contribution is -0.274. The Labute approximate surface area is 427 Å². The van der Waals surface area contributed by atoms with Gasteiger partial charge in [-0.25, -0.2) is 19.2 Å². The van der Waals surface area contributed by atoms with Crippen LogP contribution in [-0.4, -0.2) is 45.3 Å². The van der Waals surface area contributed by atoms with Crippen molar-refractivity contribution in [3.63, 3.8) is 0 Å². The predicted molar refractivity (Wildman–Crippen MR) is 276 cm³/mol. The Kier molecular flexibility index (Phi) is 15.8.